The topological polar surface area (TPSA) is 74.5 Å². The van der Waals surface area contributed by atoms with Crippen LogP contribution in [0.2, 0.25) is 0 Å². The predicted octanol–water partition coefficient (Wildman–Crippen LogP) is 4.00. The van der Waals surface area contributed by atoms with Crippen molar-refractivity contribution in [1.29, 1.82) is 5.26 Å². The van der Waals surface area contributed by atoms with Crippen LogP contribution in [-0.2, 0) is 5.41 Å². The van der Waals surface area contributed by atoms with E-state index in [-0.39, 0.29) is 11.1 Å². The zero-order chi connectivity index (χ0) is 15.7. The fourth-order valence-electron chi connectivity index (χ4n) is 1.97. The minimum Gasteiger partial charge on any atom is -0.338 e. The first-order valence-electron chi connectivity index (χ1n) is 6.86. The molecule has 5 nitrogen and oxygen atoms in total. The van der Waals surface area contributed by atoms with Crippen LogP contribution in [0.25, 0.3) is 10.2 Å². The van der Waals surface area contributed by atoms with Crippen LogP contribution in [0.5, 0.6) is 0 Å². The maximum Gasteiger partial charge on any atom is 0.183 e. The lowest BCUT2D eigenvalue weighted by atomic mass is 9.98. The Morgan fingerprint density at radius 2 is 1.95 bits per heavy atom. The molecule has 0 amide bonds. The molecule has 1 aromatic carbocycles. The molecule has 0 atom stereocenters. The van der Waals surface area contributed by atoms with Crippen LogP contribution in [0.15, 0.2) is 30.6 Å². The highest BCUT2D eigenvalue weighted by molar-refractivity contribution is 7.18. The summed E-state index contributed by atoms with van der Waals surface area (Å²) in [5.41, 5.74) is 2.17. The highest BCUT2D eigenvalue weighted by Gasteiger charge is 2.18. The summed E-state index contributed by atoms with van der Waals surface area (Å²) in [5.74, 6) is 0.463. The molecule has 6 heteroatoms. The lowest BCUT2D eigenvalue weighted by Gasteiger charge is -2.13. The summed E-state index contributed by atoms with van der Waals surface area (Å²) in [6.45, 7) is 6.47. The van der Waals surface area contributed by atoms with Gasteiger partial charge in [-0.15, -0.1) is 11.3 Å². The maximum absolute atomic E-state index is 9.06. The molecule has 0 spiro atoms. The number of hydrogen-bond acceptors (Lipinski definition) is 6. The molecule has 0 unspecified atom stereocenters. The molecular formula is C16H15N5S. The Bertz CT molecular complexity index is 870. The van der Waals surface area contributed by atoms with Crippen molar-refractivity contribution in [2.24, 2.45) is 0 Å². The first-order chi connectivity index (χ1) is 10.5. The van der Waals surface area contributed by atoms with Gasteiger partial charge in [-0.25, -0.2) is 15.0 Å². The fraction of sp³-hybridized carbons (Fsp3) is 0.250. The number of benzene rings is 1. The second kappa shape index (κ2) is 5.35. The number of hydrogen-bond donors (Lipinski definition) is 1. The molecule has 22 heavy (non-hydrogen) atoms. The van der Waals surface area contributed by atoms with Crippen molar-refractivity contribution in [3.63, 3.8) is 0 Å². The number of thiazole rings is 1. The van der Waals surface area contributed by atoms with Gasteiger partial charge in [0.25, 0.3) is 0 Å². The molecule has 0 bridgehead atoms. The van der Waals surface area contributed by atoms with Crippen LogP contribution in [-0.4, -0.2) is 15.0 Å². The van der Waals surface area contributed by atoms with E-state index in [0.717, 1.165) is 20.9 Å². The molecule has 0 aliphatic carbocycles. The summed E-state index contributed by atoms with van der Waals surface area (Å²) < 4.78 is 1.11. The predicted molar refractivity (Wildman–Crippen MR) is 88.3 cm³/mol. The Kier molecular flexibility index (Phi) is 3.51. The summed E-state index contributed by atoms with van der Waals surface area (Å²) in [6, 6.07) is 7.97. The Labute approximate surface area is 132 Å². The number of rotatable bonds is 2. The van der Waals surface area contributed by atoms with E-state index in [1.54, 1.807) is 17.5 Å². The number of nitrogens with zero attached hydrogens (tertiary/aromatic N) is 4. The van der Waals surface area contributed by atoms with Crippen LogP contribution < -0.4 is 5.32 Å². The van der Waals surface area contributed by atoms with E-state index < -0.39 is 0 Å². The van der Waals surface area contributed by atoms with Crippen molar-refractivity contribution >= 4 is 33.1 Å². The van der Waals surface area contributed by atoms with E-state index in [0.29, 0.717) is 5.82 Å². The summed E-state index contributed by atoms with van der Waals surface area (Å²) in [4.78, 5) is 12.8. The molecule has 1 N–H and O–H groups in total. The van der Waals surface area contributed by atoms with E-state index in [2.05, 4.69) is 41.0 Å². The van der Waals surface area contributed by atoms with Crippen molar-refractivity contribution in [3.05, 3.63) is 41.3 Å². The lowest BCUT2D eigenvalue weighted by Crippen LogP contribution is -2.09. The second-order valence-electron chi connectivity index (χ2n) is 5.94. The molecule has 2 heterocycles. The third kappa shape index (κ3) is 2.76. The molecule has 0 fully saturated rings. The van der Waals surface area contributed by atoms with Gasteiger partial charge in [0.05, 0.1) is 15.2 Å². The summed E-state index contributed by atoms with van der Waals surface area (Å²) in [5, 5.41) is 13.3. The van der Waals surface area contributed by atoms with Crippen molar-refractivity contribution in [2.45, 2.75) is 26.2 Å². The van der Waals surface area contributed by atoms with Gasteiger partial charge in [-0.3, -0.25) is 0 Å². The quantitative estimate of drug-likeness (QED) is 0.774. The molecule has 0 aliphatic rings. The Hall–Kier alpha value is -2.52. The van der Waals surface area contributed by atoms with Gasteiger partial charge in [-0.1, -0.05) is 20.8 Å². The molecule has 2 aromatic heterocycles. The minimum absolute atomic E-state index is 0.0379. The Morgan fingerprint density at radius 1 is 1.18 bits per heavy atom. The monoisotopic (exact) mass is 309 g/mol. The van der Waals surface area contributed by atoms with Crippen molar-refractivity contribution in [3.8, 4) is 6.07 Å². The van der Waals surface area contributed by atoms with Gasteiger partial charge in [0.2, 0.25) is 0 Å². The molecule has 0 radical (unpaired) electrons. The first kappa shape index (κ1) is 14.4. The van der Waals surface area contributed by atoms with Gasteiger partial charge in [0.15, 0.2) is 11.5 Å². The highest BCUT2D eigenvalue weighted by atomic mass is 32.1. The molecule has 0 saturated carbocycles. The molecular weight excluding hydrogens is 294 g/mol. The second-order valence-corrected chi connectivity index (χ2v) is 6.97. The summed E-state index contributed by atoms with van der Waals surface area (Å²) >= 11 is 1.69. The number of nitrogens with one attached hydrogen (secondary N) is 1. The van der Waals surface area contributed by atoms with Crippen LogP contribution in [0, 0.1) is 11.3 Å². The zero-order valence-corrected chi connectivity index (χ0v) is 13.4. The van der Waals surface area contributed by atoms with Crippen molar-refractivity contribution in [1.82, 2.24) is 15.0 Å². The van der Waals surface area contributed by atoms with Crippen molar-refractivity contribution in [2.75, 3.05) is 5.32 Å². The average molecular weight is 309 g/mol. The normalized spacial score (nSPS) is 11.4. The van der Waals surface area contributed by atoms with E-state index in [4.69, 9.17) is 5.26 Å². The highest BCUT2D eigenvalue weighted by Crippen LogP contribution is 2.33. The van der Waals surface area contributed by atoms with Crippen molar-refractivity contribution < 1.29 is 0 Å². The molecule has 110 valence electrons. The maximum atomic E-state index is 9.06. The fourth-order valence-corrected chi connectivity index (χ4v) is 3.03. The Morgan fingerprint density at radius 3 is 2.68 bits per heavy atom. The van der Waals surface area contributed by atoms with E-state index >= 15 is 0 Å². The minimum atomic E-state index is 0.0379. The summed E-state index contributed by atoms with van der Waals surface area (Å²) in [6.07, 6.45) is 3.07. The zero-order valence-electron chi connectivity index (χ0n) is 12.6. The first-order valence-corrected chi connectivity index (χ1v) is 7.68. The smallest absolute Gasteiger partial charge is 0.183 e. The third-order valence-electron chi connectivity index (χ3n) is 3.10. The number of aromatic nitrogens is 3. The molecule has 3 aromatic rings. The van der Waals surface area contributed by atoms with E-state index in [1.165, 1.54) is 6.20 Å². The molecule has 3 rings (SSSR count). The SMILES string of the molecule is CC(C)(C)c1nc2ccc(Nc3nccnc3C#N)cc2s1. The van der Waals surface area contributed by atoms with Crippen LogP contribution in [0.1, 0.15) is 31.5 Å². The standard InChI is InChI=1S/C16H15N5S/c1-16(2,3)15-21-11-5-4-10(8-13(11)22-15)20-14-12(9-17)18-6-7-19-14/h4-8H,1-3H3,(H,19,20). The number of anilines is 2. The van der Waals surface area contributed by atoms with E-state index in [1.807, 2.05) is 24.3 Å². The van der Waals surface area contributed by atoms with Crippen LogP contribution >= 0.6 is 11.3 Å². The molecule has 0 aliphatic heterocycles. The van der Waals surface area contributed by atoms with Gasteiger partial charge in [0, 0.05) is 23.5 Å². The van der Waals surface area contributed by atoms with Gasteiger partial charge in [0.1, 0.15) is 6.07 Å². The average Bonchev–Trinajstić information content (AvgIpc) is 2.91. The summed E-state index contributed by atoms with van der Waals surface area (Å²) in [7, 11) is 0. The van der Waals surface area contributed by atoms with Gasteiger partial charge >= 0.3 is 0 Å². The van der Waals surface area contributed by atoms with Gasteiger partial charge in [-0.2, -0.15) is 5.26 Å². The van der Waals surface area contributed by atoms with Crippen LogP contribution in [0.3, 0.4) is 0 Å². The number of nitriles is 1. The van der Waals surface area contributed by atoms with Gasteiger partial charge in [-0.05, 0) is 18.2 Å². The van der Waals surface area contributed by atoms with E-state index in [9.17, 15) is 0 Å². The Balaban J connectivity index is 1.97. The number of fused-ring (bicyclic) bond motifs is 1. The third-order valence-corrected chi connectivity index (χ3v) is 4.54. The lowest BCUT2D eigenvalue weighted by molar-refractivity contribution is 0.587. The largest absolute Gasteiger partial charge is 0.338 e. The van der Waals surface area contributed by atoms with Gasteiger partial charge < -0.3 is 5.32 Å². The molecule has 0 saturated heterocycles. The van der Waals surface area contributed by atoms with Crippen LogP contribution in [0.4, 0.5) is 11.5 Å².